The Balaban J connectivity index is 1.55. The number of pyridine rings is 1. The van der Waals surface area contributed by atoms with Crippen molar-refractivity contribution in [2.24, 2.45) is 0 Å². The van der Waals surface area contributed by atoms with Gasteiger partial charge in [0.15, 0.2) is 11.5 Å². The molecule has 4 aromatic rings. The fraction of sp³-hybridized carbons (Fsp3) is 0.273. The maximum Gasteiger partial charge on any atom is 0.280 e. The standard InChI is InChI=1S/C22H19BrF4N6O/c1-11-7-17(31-32(11)9-13-3-5-14(23)6-4-13)29-18(34)10-33-22-19(12(2)30-33)15(20(24)25)8-16(28-22)21(26)27/h3-8,20-21H,9-10H2,1-2H3,(H,29,31,34). The molecule has 4 rings (SSSR count). The van der Waals surface area contributed by atoms with E-state index in [4.69, 9.17) is 0 Å². The second kappa shape index (κ2) is 9.53. The van der Waals surface area contributed by atoms with Gasteiger partial charge < -0.3 is 5.32 Å². The summed E-state index contributed by atoms with van der Waals surface area (Å²) in [5.41, 5.74) is 0.405. The number of nitrogens with one attached hydrogen (secondary N) is 1. The summed E-state index contributed by atoms with van der Waals surface area (Å²) in [6.07, 6.45) is -6.04. The largest absolute Gasteiger partial charge is 0.308 e. The van der Waals surface area contributed by atoms with Crippen LogP contribution in [-0.4, -0.2) is 30.5 Å². The number of carbonyl (C=O) groups is 1. The fourth-order valence-corrected chi connectivity index (χ4v) is 3.88. The summed E-state index contributed by atoms with van der Waals surface area (Å²) in [7, 11) is 0. The molecule has 0 aliphatic carbocycles. The number of anilines is 1. The second-order valence-corrected chi connectivity index (χ2v) is 8.60. The van der Waals surface area contributed by atoms with Crippen LogP contribution >= 0.6 is 15.9 Å². The van der Waals surface area contributed by atoms with Crippen LogP contribution in [0.25, 0.3) is 11.0 Å². The van der Waals surface area contributed by atoms with Gasteiger partial charge in [-0.1, -0.05) is 28.1 Å². The van der Waals surface area contributed by atoms with Crippen LogP contribution in [0.15, 0.2) is 40.9 Å². The smallest absolute Gasteiger partial charge is 0.280 e. The molecular weight excluding hydrogens is 520 g/mol. The minimum Gasteiger partial charge on any atom is -0.308 e. The fourth-order valence-electron chi connectivity index (χ4n) is 3.61. The molecule has 0 aliphatic heterocycles. The van der Waals surface area contributed by atoms with Crippen LogP contribution in [0.3, 0.4) is 0 Å². The molecule has 34 heavy (non-hydrogen) atoms. The van der Waals surface area contributed by atoms with Crippen molar-refractivity contribution < 1.29 is 22.4 Å². The van der Waals surface area contributed by atoms with E-state index in [0.29, 0.717) is 18.4 Å². The Kier molecular flexibility index (Phi) is 6.69. The molecule has 3 aromatic heterocycles. The van der Waals surface area contributed by atoms with E-state index in [1.807, 2.05) is 31.2 Å². The van der Waals surface area contributed by atoms with Crippen LogP contribution in [0.5, 0.6) is 0 Å². The zero-order chi connectivity index (χ0) is 24.6. The highest BCUT2D eigenvalue weighted by atomic mass is 79.9. The Labute approximate surface area is 199 Å². The van der Waals surface area contributed by atoms with Gasteiger partial charge in [-0.05, 0) is 37.6 Å². The topological polar surface area (TPSA) is 77.6 Å². The number of nitrogens with zero attached hydrogens (tertiary/aromatic N) is 5. The van der Waals surface area contributed by atoms with Crippen molar-refractivity contribution in [1.29, 1.82) is 0 Å². The molecule has 0 saturated carbocycles. The van der Waals surface area contributed by atoms with Gasteiger partial charge in [0.05, 0.1) is 17.6 Å². The van der Waals surface area contributed by atoms with Crippen molar-refractivity contribution in [1.82, 2.24) is 24.5 Å². The number of amides is 1. The van der Waals surface area contributed by atoms with E-state index >= 15 is 0 Å². The highest BCUT2D eigenvalue weighted by Crippen LogP contribution is 2.32. The predicted octanol–water partition coefficient (Wildman–Crippen LogP) is 5.57. The van der Waals surface area contributed by atoms with Gasteiger partial charge in [0.1, 0.15) is 12.2 Å². The van der Waals surface area contributed by atoms with E-state index in [2.05, 4.69) is 36.4 Å². The van der Waals surface area contributed by atoms with Crippen molar-refractivity contribution in [2.75, 3.05) is 5.32 Å². The first-order chi connectivity index (χ1) is 16.1. The summed E-state index contributed by atoms with van der Waals surface area (Å²) in [4.78, 5) is 16.4. The molecule has 7 nitrogen and oxygen atoms in total. The van der Waals surface area contributed by atoms with Gasteiger partial charge in [-0.3, -0.25) is 9.48 Å². The van der Waals surface area contributed by atoms with Crippen molar-refractivity contribution in [2.45, 2.75) is 39.8 Å². The maximum atomic E-state index is 13.5. The van der Waals surface area contributed by atoms with Crippen molar-refractivity contribution in [3.05, 3.63) is 69.1 Å². The predicted molar refractivity (Wildman–Crippen MR) is 121 cm³/mol. The molecular formula is C22H19BrF4N6O. The molecule has 0 radical (unpaired) electrons. The van der Waals surface area contributed by atoms with Crippen molar-refractivity contribution >= 4 is 38.7 Å². The minimum atomic E-state index is -3.04. The van der Waals surface area contributed by atoms with Gasteiger partial charge in [-0.25, -0.2) is 27.2 Å². The number of halogens is 5. The lowest BCUT2D eigenvalue weighted by Gasteiger charge is -2.08. The van der Waals surface area contributed by atoms with Crippen LogP contribution in [0, 0.1) is 13.8 Å². The van der Waals surface area contributed by atoms with Crippen LogP contribution in [0.2, 0.25) is 0 Å². The zero-order valence-electron chi connectivity index (χ0n) is 18.1. The number of benzene rings is 1. The van der Waals surface area contributed by atoms with E-state index in [1.54, 1.807) is 10.7 Å². The van der Waals surface area contributed by atoms with Gasteiger partial charge >= 0.3 is 0 Å². The molecule has 0 spiro atoms. The molecule has 1 amide bonds. The summed E-state index contributed by atoms with van der Waals surface area (Å²) >= 11 is 3.39. The second-order valence-electron chi connectivity index (χ2n) is 7.68. The lowest BCUT2D eigenvalue weighted by Crippen LogP contribution is -2.20. The molecule has 1 N–H and O–H groups in total. The first-order valence-corrected chi connectivity index (χ1v) is 10.9. The quantitative estimate of drug-likeness (QED) is 0.312. The maximum absolute atomic E-state index is 13.5. The highest BCUT2D eigenvalue weighted by molar-refractivity contribution is 9.10. The third kappa shape index (κ3) is 4.96. The average molecular weight is 539 g/mol. The molecule has 178 valence electrons. The van der Waals surface area contributed by atoms with Gasteiger partial charge in [0.25, 0.3) is 12.9 Å². The number of hydrogen-bond acceptors (Lipinski definition) is 4. The van der Waals surface area contributed by atoms with E-state index in [-0.39, 0.29) is 16.7 Å². The number of alkyl halides is 4. The lowest BCUT2D eigenvalue weighted by molar-refractivity contribution is -0.116. The van der Waals surface area contributed by atoms with Crippen LogP contribution in [0.4, 0.5) is 23.4 Å². The third-order valence-corrected chi connectivity index (χ3v) is 5.70. The van der Waals surface area contributed by atoms with Gasteiger partial charge in [0.2, 0.25) is 5.91 Å². The SMILES string of the molecule is Cc1nn(CC(=O)Nc2cc(C)n(Cc3ccc(Br)cc3)n2)c2nc(C(F)F)cc(C(F)F)c12. The molecule has 3 heterocycles. The Morgan fingerprint density at radius 2 is 1.74 bits per heavy atom. The number of fused-ring (bicyclic) bond motifs is 1. The number of rotatable bonds is 7. The highest BCUT2D eigenvalue weighted by Gasteiger charge is 2.24. The Morgan fingerprint density at radius 1 is 1.03 bits per heavy atom. The summed E-state index contributed by atoms with van der Waals surface area (Å²) in [6.45, 7) is 3.38. The Hall–Kier alpha value is -3.28. The van der Waals surface area contributed by atoms with Crippen LogP contribution in [0.1, 0.15) is 41.1 Å². The summed E-state index contributed by atoms with van der Waals surface area (Å²) < 4.78 is 57.1. The Morgan fingerprint density at radius 3 is 2.38 bits per heavy atom. The zero-order valence-corrected chi connectivity index (χ0v) is 19.7. The van der Waals surface area contributed by atoms with E-state index in [0.717, 1.165) is 20.4 Å². The van der Waals surface area contributed by atoms with E-state index in [9.17, 15) is 22.4 Å². The molecule has 0 fully saturated rings. The molecule has 1 aromatic carbocycles. The summed E-state index contributed by atoms with van der Waals surface area (Å²) in [6, 6.07) is 10.1. The minimum absolute atomic E-state index is 0.0400. The molecule has 0 saturated heterocycles. The molecule has 0 aliphatic rings. The monoisotopic (exact) mass is 538 g/mol. The van der Waals surface area contributed by atoms with Crippen molar-refractivity contribution in [3.63, 3.8) is 0 Å². The average Bonchev–Trinajstić information content (AvgIpc) is 3.27. The summed E-state index contributed by atoms with van der Waals surface area (Å²) in [5, 5.41) is 11.1. The molecule has 12 heteroatoms. The van der Waals surface area contributed by atoms with Gasteiger partial charge in [-0.15, -0.1) is 0 Å². The van der Waals surface area contributed by atoms with Gasteiger partial charge in [-0.2, -0.15) is 10.2 Å². The van der Waals surface area contributed by atoms with Crippen LogP contribution < -0.4 is 5.32 Å². The Bertz CT molecular complexity index is 1350. The normalized spacial score (nSPS) is 11.7. The van der Waals surface area contributed by atoms with E-state index < -0.39 is 36.6 Å². The molecule has 0 unspecified atom stereocenters. The molecule has 0 bridgehead atoms. The van der Waals surface area contributed by atoms with Crippen LogP contribution in [-0.2, 0) is 17.9 Å². The number of hydrogen-bond donors (Lipinski definition) is 1. The first-order valence-electron chi connectivity index (χ1n) is 10.2. The van der Waals surface area contributed by atoms with Gasteiger partial charge in [0, 0.05) is 21.8 Å². The van der Waals surface area contributed by atoms with E-state index in [1.165, 1.54) is 6.92 Å². The molecule has 0 atom stereocenters. The lowest BCUT2D eigenvalue weighted by atomic mass is 10.1. The summed E-state index contributed by atoms with van der Waals surface area (Å²) in [5.74, 6) is -0.261. The number of aryl methyl sites for hydroxylation is 2. The number of aromatic nitrogens is 5. The first kappa shape index (κ1) is 23.9. The van der Waals surface area contributed by atoms with Crippen molar-refractivity contribution in [3.8, 4) is 0 Å². The third-order valence-electron chi connectivity index (χ3n) is 5.17. The number of carbonyl (C=O) groups excluding carboxylic acids is 1.